The molecule has 0 saturated carbocycles. The minimum atomic E-state index is -0.711. The molecule has 3 heterocycles. The summed E-state index contributed by atoms with van der Waals surface area (Å²) < 4.78 is 1.87. The van der Waals surface area contributed by atoms with Gasteiger partial charge < -0.3 is 10.6 Å². The Labute approximate surface area is 235 Å². The minimum Gasteiger partial charge on any atom is -0.322 e. The number of thiazole rings is 1. The molecule has 200 valence electrons. The number of fused-ring (bicyclic) bond motifs is 2. The van der Waals surface area contributed by atoms with Crippen LogP contribution in [0.15, 0.2) is 93.9 Å². The molecule has 3 aromatic carbocycles. The molecule has 2 aliphatic heterocycles. The van der Waals surface area contributed by atoms with E-state index in [0.29, 0.717) is 49.0 Å². The van der Waals surface area contributed by atoms with Gasteiger partial charge in [0.25, 0.3) is 17.4 Å². The van der Waals surface area contributed by atoms with E-state index in [0.717, 1.165) is 16.7 Å². The largest absolute Gasteiger partial charge is 0.322 e. The second-order valence-corrected chi connectivity index (χ2v) is 11.4. The summed E-state index contributed by atoms with van der Waals surface area (Å²) in [7, 11) is 0. The summed E-state index contributed by atoms with van der Waals surface area (Å²) in [6.45, 7) is 7.98. The molecule has 7 nitrogen and oxygen atoms in total. The van der Waals surface area contributed by atoms with E-state index in [4.69, 9.17) is 4.99 Å². The van der Waals surface area contributed by atoms with Gasteiger partial charge in [-0.25, -0.2) is 4.99 Å². The van der Waals surface area contributed by atoms with Crippen LogP contribution in [0.2, 0.25) is 0 Å². The maximum absolute atomic E-state index is 14.2. The summed E-state index contributed by atoms with van der Waals surface area (Å²) >= 11 is 1.18. The van der Waals surface area contributed by atoms with Crippen LogP contribution in [0.5, 0.6) is 0 Å². The molecule has 1 aromatic heterocycles. The van der Waals surface area contributed by atoms with E-state index in [1.54, 1.807) is 11.5 Å². The van der Waals surface area contributed by atoms with Crippen LogP contribution in [0.3, 0.4) is 0 Å². The van der Waals surface area contributed by atoms with Crippen molar-refractivity contribution in [1.82, 2.24) is 4.57 Å². The Hall–Kier alpha value is -4.56. The third-order valence-electron chi connectivity index (χ3n) is 7.34. The van der Waals surface area contributed by atoms with Crippen molar-refractivity contribution >= 4 is 40.1 Å². The number of anilines is 2. The Kier molecular flexibility index (Phi) is 6.35. The first kappa shape index (κ1) is 25.7. The molecule has 2 aliphatic rings. The van der Waals surface area contributed by atoms with Crippen molar-refractivity contribution in [3.63, 3.8) is 0 Å². The fraction of sp³-hybridized carbons (Fsp3) is 0.188. The number of nitrogens with zero attached hydrogens (tertiary/aromatic N) is 2. The third-order valence-corrected chi connectivity index (χ3v) is 8.39. The number of hydrogen-bond donors (Lipinski definition) is 2. The lowest BCUT2D eigenvalue weighted by Gasteiger charge is -2.25. The van der Waals surface area contributed by atoms with Crippen LogP contribution >= 0.6 is 11.3 Å². The summed E-state index contributed by atoms with van der Waals surface area (Å²) in [6, 6.07) is 22.2. The lowest BCUT2D eigenvalue weighted by Crippen LogP contribution is -2.41. The summed E-state index contributed by atoms with van der Waals surface area (Å²) in [5.41, 5.74) is 5.86. The van der Waals surface area contributed by atoms with Crippen molar-refractivity contribution in [3.8, 4) is 0 Å². The van der Waals surface area contributed by atoms with Crippen molar-refractivity contribution in [2.45, 2.75) is 39.7 Å². The summed E-state index contributed by atoms with van der Waals surface area (Å²) in [5, 5.41) is 5.85. The molecule has 40 heavy (non-hydrogen) atoms. The molecule has 0 bridgehead atoms. The van der Waals surface area contributed by atoms with Crippen LogP contribution < -0.4 is 25.5 Å². The molecule has 2 N–H and O–H groups in total. The summed E-state index contributed by atoms with van der Waals surface area (Å²) in [5.74, 6) is -0.315. The van der Waals surface area contributed by atoms with Crippen molar-refractivity contribution in [2.24, 2.45) is 4.99 Å². The van der Waals surface area contributed by atoms with Gasteiger partial charge in [-0.05, 0) is 55.2 Å². The fourth-order valence-electron chi connectivity index (χ4n) is 5.27. The van der Waals surface area contributed by atoms with Gasteiger partial charge in [-0.1, -0.05) is 79.3 Å². The fourth-order valence-corrected chi connectivity index (χ4v) is 6.41. The average Bonchev–Trinajstić information content (AvgIpc) is 3.42. The van der Waals surface area contributed by atoms with Crippen molar-refractivity contribution in [2.75, 3.05) is 10.6 Å². The van der Waals surface area contributed by atoms with E-state index < -0.39 is 6.04 Å². The van der Waals surface area contributed by atoms with Gasteiger partial charge in [-0.2, -0.15) is 0 Å². The highest BCUT2D eigenvalue weighted by atomic mass is 32.1. The highest BCUT2D eigenvalue weighted by Crippen LogP contribution is 2.33. The Morgan fingerprint density at radius 3 is 2.42 bits per heavy atom. The normalized spacial score (nSPS) is 17.3. The van der Waals surface area contributed by atoms with Gasteiger partial charge in [0.1, 0.15) is 4.53 Å². The standard InChI is InChI=1S/C32H28N4O3S/c1-17(2)20-11-13-21(14-12-20)27-25(29(37)34-22-8-6-5-7-9-22)19(4)33-32-36(27)31(39)28(40-32)26-23-16-18(3)10-15-24(23)35-30(26)38/h5-17,27H,1-4H3,(H,34,37)(H,35,38)/b28-26-/t27-/m0/s1. The molecule has 4 aromatic rings. The van der Waals surface area contributed by atoms with E-state index in [9.17, 15) is 14.4 Å². The van der Waals surface area contributed by atoms with E-state index >= 15 is 0 Å². The Balaban J connectivity index is 1.58. The molecule has 0 unspecified atom stereocenters. The number of hydrogen-bond acceptors (Lipinski definition) is 5. The topological polar surface area (TPSA) is 92.6 Å². The van der Waals surface area contributed by atoms with Gasteiger partial charge in [0, 0.05) is 16.9 Å². The second kappa shape index (κ2) is 9.88. The second-order valence-electron chi connectivity index (χ2n) is 10.4. The first-order chi connectivity index (χ1) is 19.2. The number of nitrogens with one attached hydrogen (secondary N) is 2. The SMILES string of the molecule is CC1=C(C(=O)Nc2ccccc2)[C@H](c2ccc(C(C)C)cc2)n2c(s/c(=C3\C(=O)Nc4ccc(C)cc43)c2=O)=N1. The van der Waals surface area contributed by atoms with Crippen molar-refractivity contribution < 1.29 is 9.59 Å². The van der Waals surface area contributed by atoms with E-state index in [-0.39, 0.29) is 17.4 Å². The minimum absolute atomic E-state index is 0.307. The van der Waals surface area contributed by atoms with Crippen LogP contribution in [0.4, 0.5) is 11.4 Å². The zero-order valence-electron chi connectivity index (χ0n) is 22.6. The molecule has 0 fully saturated rings. The predicted octanol–water partition coefficient (Wildman–Crippen LogP) is 4.63. The van der Waals surface area contributed by atoms with Crippen LogP contribution in [0.1, 0.15) is 55.0 Å². The van der Waals surface area contributed by atoms with E-state index in [1.807, 2.05) is 79.7 Å². The van der Waals surface area contributed by atoms with Gasteiger partial charge in [-0.3, -0.25) is 19.0 Å². The van der Waals surface area contributed by atoms with Gasteiger partial charge in [-0.15, -0.1) is 0 Å². The summed E-state index contributed by atoms with van der Waals surface area (Å²) in [4.78, 5) is 46.2. The molecule has 0 radical (unpaired) electrons. The molecule has 0 saturated heterocycles. The molecule has 2 amide bonds. The number of amides is 2. The Morgan fingerprint density at radius 2 is 1.73 bits per heavy atom. The zero-order valence-corrected chi connectivity index (χ0v) is 23.4. The van der Waals surface area contributed by atoms with Crippen molar-refractivity contribution in [3.05, 3.63) is 126 Å². The highest BCUT2D eigenvalue weighted by molar-refractivity contribution is 7.07. The van der Waals surface area contributed by atoms with Crippen LogP contribution in [0.25, 0.3) is 5.57 Å². The maximum Gasteiger partial charge on any atom is 0.271 e. The lowest BCUT2D eigenvalue weighted by molar-refractivity contribution is -0.113. The van der Waals surface area contributed by atoms with Crippen LogP contribution in [-0.2, 0) is 9.59 Å². The van der Waals surface area contributed by atoms with Gasteiger partial charge in [0.2, 0.25) is 0 Å². The number of aryl methyl sites for hydroxylation is 1. The Morgan fingerprint density at radius 1 is 1.00 bits per heavy atom. The molecule has 0 spiro atoms. The highest BCUT2D eigenvalue weighted by Gasteiger charge is 2.34. The van der Waals surface area contributed by atoms with E-state index in [1.165, 1.54) is 11.3 Å². The Bertz CT molecular complexity index is 1900. The smallest absolute Gasteiger partial charge is 0.271 e. The molecular formula is C32H28N4O3S. The number of carbonyl (C=O) groups excluding carboxylic acids is 2. The lowest BCUT2D eigenvalue weighted by atomic mass is 9.93. The van der Waals surface area contributed by atoms with Gasteiger partial charge in [0.15, 0.2) is 4.80 Å². The number of para-hydroxylation sites is 1. The van der Waals surface area contributed by atoms with Crippen LogP contribution in [0, 0.1) is 6.92 Å². The number of benzene rings is 3. The monoisotopic (exact) mass is 548 g/mol. The number of rotatable bonds is 4. The molecule has 6 rings (SSSR count). The van der Waals surface area contributed by atoms with Crippen LogP contribution in [-0.4, -0.2) is 16.4 Å². The molecular weight excluding hydrogens is 520 g/mol. The molecule has 8 heteroatoms. The maximum atomic E-state index is 14.2. The first-order valence-electron chi connectivity index (χ1n) is 13.2. The molecule has 1 atom stereocenters. The van der Waals surface area contributed by atoms with E-state index in [2.05, 4.69) is 24.5 Å². The quantitative estimate of drug-likeness (QED) is 0.390. The first-order valence-corrected chi connectivity index (χ1v) is 14.0. The third kappa shape index (κ3) is 4.30. The van der Waals surface area contributed by atoms with Gasteiger partial charge in [0.05, 0.1) is 22.9 Å². The summed E-state index contributed by atoms with van der Waals surface area (Å²) in [6.07, 6.45) is 0. The van der Waals surface area contributed by atoms with Crippen molar-refractivity contribution in [1.29, 1.82) is 0 Å². The number of carbonyl (C=O) groups is 2. The molecule has 0 aliphatic carbocycles. The predicted molar refractivity (Wildman–Crippen MR) is 158 cm³/mol. The number of allylic oxidation sites excluding steroid dienone is 1. The average molecular weight is 549 g/mol. The number of aromatic nitrogens is 1. The zero-order chi connectivity index (χ0) is 28.1. The van der Waals surface area contributed by atoms with Gasteiger partial charge >= 0.3 is 0 Å².